The van der Waals surface area contributed by atoms with Crippen molar-refractivity contribution >= 4 is 19.0 Å². The van der Waals surface area contributed by atoms with E-state index in [2.05, 4.69) is 24.6 Å². The Morgan fingerprint density at radius 2 is 2.12 bits per heavy atom. The highest BCUT2D eigenvalue weighted by molar-refractivity contribution is 7.72. The molecule has 2 heterocycles. The number of ether oxygens (including phenoxy) is 2. The fraction of sp³-hybridized carbons (Fsp3) is 0.647. The number of aromatic nitrogens is 2. The second kappa shape index (κ2) is 8.05. The Labute approximate surface area is 152 Å². The number of hydrogen-bond acceptors (Lipinski definition) is 6. The van der Waals surface area contributed by atoms with Crippen molar-refractivity contribution in [3.63, 3.8) is 0 Å². The summed E-state index contributed by atoms with van der Waals surface area (Å²) in [5.41, 5.74) is -1.11. The summed E-state index contributed by atoms with van der Waals surface area (Å²) in [6.45, 7) is 4.27. The molecular weight excluding hydrogens is 359 g/mol. The van der Waals surface area contributed by atoms with E-state index >= 15 is 0 Å². The minimum Gasteiger partial charge on any atom is -0.388 e. The standard InChI is InChI=1S/C17H27N2O6P/c1-10(20)8-11-9-19(17(23)18-15(11)22)16-14(24-2)13(21)12(25-16)6-7-26(3,4)5/h9,12-14,16,21H,3,6-8H2,1-2,4-5H3,(H,18,22,23)/t12?,13-,14-,16?/m1/s1. The number of ketones is 1. The quantitative estimate of drug-likeness (QED) is 0.641. The van der Waals surface area contributed by atoms with E-state index < -0.39 is 42.7 Å². The molecule has 1 saturated heterocycles. The first-order valence-corrected chi connectivity index (χ1v) is 11.5. The van der Waals surface area contributed by atoms with E-state index in [-0.39, 0.29) is 17.8 Å². The van der Waals surface area contributed by atoms with Crippen molar-refractivity contribution in [1.82, 2.24) is 9.55 Å². The summed E-state index contributed by atoms with van der Waals surface area (Å²) in [5, 5.41) is 10.5. The number of Topliss-reactive ketones (excluding diaryl/α,β-unsaturated/α-hetero) is 1. The van der Waals surface area contributed by atoms with Crippen molar-refractivity contribution in [2.24, 2.45) is 0 Å². The van der Waals surface area contributed by atoms with E-state index in [1.54, 1.807) is 0 Å². The van der Waals surface area contributed by atoms with Crippen LogP contribution in [0, 0.1) is 0 Å². The van der Waals surface area contributed by atoms with Crippen LogP contribution in [-0.4, -0.2) is 71.7 Å². The smallest absolute Gasteiger partial charge is 0.330 e. The fourth-order valence-corrected chi connectivity index (χ4v) is 3.98. The average molecular weight is 386 g/mol. The Morgan fingerprint density at radius 3 is 2.65 bits per heavy atom. The monoisotopic (exact) mass is 386 g/mol. The number of aliphatic hydroxyl groups excluding tert-OH is 1. The van der Waals surface area contributed by atoms with Crippen molar-refractivity contribution in [3.8, 4) is 0 Å². The summed E-state index contributed by atoms with van der Waals surface area (Å²) in [4.78, 5) is 37.7. The lowest BCUT2D eigenvalue weighted by Crippen LogP contribution is -2.39. The molecule has 1 aromatic rings. The van der Waals surface area contributed by atoms with Crippen LogP contribution >= 0.6 is 6.89 Å². The molecule has 1 fully saturated rings. The van der Waals surface area contributed by atoms with Crippen LogP contribution in [0.1, 0.15) is 25.1 Å². The summed E-state index contributed by atoms with van der Waals surface area (Å²) >= 11 is 0. The Hall–Kier alpha value is -1.47. The van der Waals surface area contributed by atoms with Gasteiger partial charge in [-0.25, -0.2) is 4.79 Å². The number of aromatic amines is 1. The highest BCUT2D eigenvalue weighted by Crippen LogP contribution is 2.39. The van der Waals surface area contributed by atoms with E-state index in [1.165, 1.54) is 24.8 Å². The predicted octanol–water partition coefficient (Wildman–Crippen LogP) is 0.0407. The Kier molecular flexibility index (Phi) is 6.45. The average Bonchev–Trinajstić information content (AvgIpc) is 2.82. The summed E-state index contributed by atoms with van der Waals surface area (Å²) in [5.74, 6) is -0.198. The molecule has 1 aliphatic rings. The number of carbonyl (C=O) groups excluding carboxylic acids is 1. The molecule has 1 aliphatic heterocycles. The van der Waals surface area contributed by atoms with Crippen LogP contribution in [0.25, 0.3) is 0 Å². The number of rotatable bonds is 7. The van der Waals surface area contributed by atoms with Gasteiger partial charge in [-0.05, 0) is 32.8 Å². The lowest BCUT2D eigenvalue weighted by molar-refractivity contribution is -0.116. The van der Waals surface area contributed by atoms with Crippen LogP contribution in [0.3, 0.4) is 0 Å². The van der Waals surface area contributed by atoms with Crippen molar-refractivity contribution in [1.29, 1.82) is 0 Å². The zero-order valence-electron chi connectivity index (χ0n) is 15.6. The molecular formula is C17H27N2O6P. The fourth-order valence-electron chi connectivity index (χ4n) is 3.02. The topological polar surface area (TPSA) is 111 Å². The molecule has 4 atom stereocenters. The van der Waals surface area contributed by atoms with Crippen LogP contribution < -0.4 is 11.2 Å². The summed E-state index contributed by atoms with van der Waals surface area (Å²) < 4.78 is 12.5. The van der Waals surface area contributed by atoms with Gasteiger partial charge in [-0.15, -0.1) is 13.2 Å². The molecule has 1 aromatic heterocycles. The number of carbonyl (C=O) groups is 1. The molecule has 0 spiro atoms. The van der Waals surface area contributed by atoms with E-state index in [9.17, 15) is 19.5 Å². The molecule has 2 rings (SSSR count). The predicted molar refractivity (Wildman–Crippen MR) is 102 cm³/mol. The van der Waals surface area contributed by atoms with Gasteiger partial charge in [0.15, 0.2) is 6.23 Å². The van der Waals surface area contributed by atoms with E-state index in [1.807, 2.05) is 0 Å². The number of nitrogens with one attached hydrogen (secondary N) is 1. The first-order chi connectivity index (χ1) is 12.0. The van der Waals surface area contributed by atoms with Crippen molar-refractivity contribution in [3.05, 3.63) is 32.6 Å². The molecule has 2 N–H and O–H groups in total. The van der Waals surface area contributed by atoms with Gasteiger partial charge in [0, 0.05) is 25.3 Å². The highest BCUT2D eigenvalue weighted by atomic mass is 31.2. The zero-order chi connectivity index (χ0) is 19.6. The first-order valence-electron chi connectivity index (χ1n) is 8.41. The summed E-state index contributed by atoms with van der Waals surface area (Å²) in [6, 6.07) is 0. The normalized spacial score (nSPS) is 26.2. The Balaban J connectivity index is 2.34. The van der Waals surface area contributed by atoms with Gasteiger partial charge >= 0.3 is 5.69 Å². The van der Waals surface area contributed by atoms with Gasteiger partial charge in [0.05, 0.1) is 6.10 Å². The molecule has 0 saturated carbocycles. The summed E-state index contributed by atoms with van der Waals surface area (Å²) in [6.07, 6.45) is 3.74. The molecule has 26 heavy (non-hydrogen) atoms. The second-order valence-electron chi connectivity index (χ2n) is 7.40. The molecule has 0 radical (unpaired) electrons. The number of nitrogens with zero attached hydrogens (tertiary/aromatic N) is 1. The van der Waals surface area contributed by atoms with Crippen LogP contribution in [0.2, 0.25) is 0 Å². The lowest BCUT2D eigenvalue weighted by Gasteiger charge is -2.20. The minimum atomic E-state index is -1.29. The Bertz CT molecular complexity index is 823. The molecule has 0 aliphatic carbocycles. The molecule has 8 nitrogen and oxygen atoms in total. The Morgan fingerprint density at radius 1 is 1.46 bits per heavy atom. The number of H-pyrrole nitrogens is 1. The van der Waals surface area contributed by atoms with Crippen LogP contribution in [0.4, 0.5) is 0 Å². The third-order valence-corrected chi connectivity index (χ3v) is 5.83. The first kappa shape index (κ1) is 20.8. The molecule has 2 unspecified atom stereocenters. The third-order valence-electron chi connectivity index (χ3n) is 4.36. The maximum absolute atomic E-state index is 12.3. The molecule has 0 aromatic carbocycles. The van der Waals surface area contributed by atoms with Gasteiger partial charge in [-0.2, -0.15) is 0 Å². The SMILES string of the molecule is C=P(C)(C)CCC1OC(n2cc(CC(C)=O)c(=O)[nH]c2=O)[C@H](OC)[C@@H]1O. The van der Waals surface area contributed by atoms with Gasteiger partial charge in [-0.3, -0.25) is 19.1 Å². The van der Waals surface area contributed by atoms with Gasteiger partial charge in [0.2, 0.25) is 0 Å². The van der Waals surface area contributed by atoms with Crippen LogP contribution in [0.5, 0.6) is 0 Å². The number of hydrogen-bond donors (Lipinski definition) is 2. The number of aliphatic hydroxyl groups is 1. The maximum Gasteiger partial charge on any atom is 0.330 e. The molecule has 9 heteroatoms. The van der Waals surface area contributed by atoms with Gasteiger partial charge in [0.1, 0.15) is 18.0 Å². The lowest BCUT2D eigenvalue weighted by atomic mass is 10.1. The highest BCUT2D eigenvalue weighted by Gasteiger charge is 2.45. The van der Waals surface area contributed by atoms with Crippen molar-refractivity contribution in [2.75, 3.05) is 26.6 Å². The molecule has 0 amide bonds. The number of methoxy groups -OCH3 is 1. The van der Waals surface area contributed by atoms with E-state index in [4.69, 9.17) is 9.47 Å². The van der Waals surface area contributed by atoms with Crippen LogP contribution in [0.15, 0.2) is 15.8 Å². The van der Waals surface area contributed by atoms with Gasteiger partial charge < -0.3 is 14.6 Å². The third kappa shape index (κ3) is 4.82. The van der Waals surface area contributed by atoms with Crippen molar-refractivity contribution in [2.45, 2.75) is 44.3 Å². The van der Waals surface area contributed by atoms with E-state index in [0.29, 0.717) is 6.42 Å². The largest absolute Gasteiger partial charge is 0.388 e. The van der Waals surface area contributed by atoms with Gasteiger partial charge in [0.25, 0.3) is 5.56 Å². The second-order valence-corrected chi connectivity index (χ2v) is 11.7. The van der Waals surface area contributed by atoms with Gasteiger partial charge in [-0.1, -0.05) is 0 Å². The summed E-state index contributed by atoms with van der Waals surface area (Å²) in [7, 11) is 1.43. The van der Waals surface area contributed by atoms with E-state index in [0.717, 1.165) is 6.16 Å². The molecule has 146 valence electrons. The zero-order valence-corrected chi connectivity index (χ0v) is 16.5. The van der Waals surface area contributed by atoms with Crippen LogP contribution in [-0.2, 0) is 20.7 Å². The minimum absolute atomic E-state index is 0.0911. The maximum atomic E-state index is 12.3. The molecule has 0 bridgehead atoms. The van der Waals surface area contributed by atoms with Crippen molar-refractivity contribution < 1.29 is 19.4 Å².